The van der Waals surface area contributed by atoms with Crippen LogP contribution in [0.15, 0.2) is 70.8 Å². The molecule has 0 atom stereocenters. The highest BCUT2D eigenvalue weighted by molar-refractivity contribution is 9.10. The van der Waals surface area contributed by atoms with Crippen LogP contribution in [0.4, 0.5) is 0 Å². The molecule has 3 aromatic rings. The summed E-state index contributed by atoms with van der Waals surface area (Å²) in [6.45, 7) is 11.1. The number of hydrogen-bond acceptors (Lipinski definition) is 5. The van der Waals surface area contributed by atoms with Gasteiger partial charge >= 0.3 is 0 Å². The number of ether oxygens (including phenoxy) is 1. The Morgan fingerprint density at radius 1 is 1.12 bits per heavy atom. The maximum Gasteiger partial charge on any atom is 0.192 e. The normalized spacial score (nSPS) is 11.0. The quantitative estimate of drug-likeness (QED) is 0.161. The summed E-state index contributed by atoms with van der Waals surface area (Å²) in [4.78, 5) is 12.7. The smallest absolute Gasteiger partial charge is 0.192 e. The summed E-state index contributed by atoms with van der Waals surface area (Å²) in [5.41, 5.74) is 1.97. The molecule has 8 heteroatoms. The number of Topliss-reactive ketones (excluding diaryl/α,β-unsaturated/α-hetero) is 1. The molecule has 0 aliphatic carbocycles. The van der Waals surface area contributed by atoms with Crippen molar-refractivity contribution in [1.29, 1.82) is 0 Å². The van der Waals surface area contributed by atoms with Crippen LogP contribution >= 0.6 is 44.7 Å². The number of nitrogens with zero attached hydrogens (tertiary/aromatic N) is 3. The Kier molecular flexibility index (Phi) is 9.73. The molecule has 0 saturated carbocycles. The average Bonchev–Trinajstić information content (AvgIpc) is 3.13. The van der Waals surface area contributed by atoms with Crippen LogP contribution < -0.4 is 4.74 Å². The van der Waals surface area contributed by atoms with Crippen LogP contribution in [0, 0.1) is 0 Å². The monoisotopic (exact) mass is 579 g/mol. The van der Waals surface area contributed by atoms with Gasteiger partial charge in [0, 0.05) is 16.6 Å². The van der Waals surface area contributed by atoms with Crippen LogP contribution in [0.1, 0.15) is 42.5 Å². The molecule has 2 aromatic carbocycles. The number of allylic oxidation sites excluding steroid dienone is 1. The predicted octanol–water partition coefficient (Wildman–Crippen LogP) is 6.66. The minimum absolute atomic E-state index is 0. The van der Waals surface area contributed by atoms with Gasteiger partial charge in [0.15, 0.2) is 16.8 Å². The topological polar surface area (TPSA) is 57.0 Å². The van der Waals surface area contributed by atoms with Crippen molar-refractivity contribution in [3.05, 3.63) is 82.6 Å². The zero-order valence-electron chi connectivity index (χ0n) is 18.4. The zero-order chi connectivity index (χ0) is 22.4. The van der Waals surface area contributed by atoms with Crippen molar-refractivity contribution in [2.24, 2.45) is 0 Å². The number of carbonyl (C=O) groups is 1. The molecule has 1 heterocycles. The van der Waals surface area contributed by atoms with Gasteiger partial charge in [-0.25, -0.2) is 0 Å². The van der Waals surface area contributed by atoms with Crippen LogP contribution in [0.5, 0.6) is 5.75 Å². The molecule has 170 valence electrons. The van der Waals surface area contributed by atoms with Crippen molar-refractivity contribution in [3.8, 4) is 5.75 Å². The lowest BCUT2D eigenvalue weighted by atomic mass is 9.86. The van der Waals surface area contributed by atoms with E-state index < -0.39 is 0 Å². The number of benzene rings is 2. The van der Waals surface area contributed by atoms with Gasteiger partial charge < -0.3 is 4.74 Å². The minimum Gasteiger partial charge on any atom is -0.486 e. The largest absolute Gasteiger partial charge is 0.486 e. The molecule has 0 aliphatic heterocycles. The number of rotatable bonds is 9. The molecular formula is C24H27Br2N3O2S. The molecule has 0 fully saturated rings. The second-order valence-corrected chi connectivity index (χ2v) is 9.94. The molecule has 0 radical (unpaired) electrons. The van der Waals surface area contributed by atoms with Crippen LogP contribution in [0.25, 0.3) is 0 Å². The zero-order valence-corrected chi connectivity index (χ0v) is 22.5. The lowest BCUT2D eigenvalue weighted by Crippen LogP contribution is -2.12. The van der Waals surface area contributed by atoms with E-state index in [0.717, 1.165) is 10.2 Å². The van der Waals surface area contributed by atoms with E-state index in [1.54, 1.807) is 6.08 Å². The Bertz CT molecular complexity index is 1040. The van der Waals surface area contributed by atoms with E-state index >= 15 is 0 Å². The van der Waals surface area contributed by atoms with Gasteiger partial charge in [0.2, 0.25) is 0 Å². The molecule has 0 saturated heterocycles. The van der Waals surface area contributed by atoms with Crippen molar-refractivity contribution in [3.63, 3.8) is 0 Å². The fraction of sp³-hybridized carbons (Fsp3) is 0.292. The number of thioether (sulfide) groups is 1. The van der Waals surface area contributed by atoms with Crippen molar-refractivity contribution < 1.29 is 9.53 Å². The molecule has 3 rings (SSSR count). The third kappa shape index (κ3) is 7.05. The summed E-state index contributed by atoms with van der Waals surface area (Å²) in [6, 6.07) is 15.5. The molecule has 0 aliphatic rings. The third-order valence-corrected chi connectivity index (χ3v) is 6.19. The van der Waals surface area contributed by atoms with Gasteiger partial charge in [0.1, 0.15) is 12.4 Å². The molecule has 0 spiro atoms. The first kappa shape index (κ1) is 26.4. The number of halogens is 2. The standard InChI is InChI=1S/C24H26BrN3O2S.BrH/c1-5-14-28-22(15-30-20-12-10-19(25)11-13-20)26-27-23(28)31-16-21(29)17-6-8-18(9-7-17)24(2,3)4;/h5-13H,1,14-16H2,2-4H3;1H. The van der Waals surface area contributed by atoms with Gasteiger partial charge in [-0.1, -0.05) is 78.8 Å². The molecule has 0 bridgehead atoms. The Labute approximate surface area is 212 Å². The molecule has 0 amide bonds. The SMILES string of the molecule is Br.C=CCn1c(COc2ccc(Br)cc2)nnc1SCC(=O)c1ccc(C(C)(C)C)cc1. The first-order valence-electron chi connectivity index (χ1n) is 9.96. The highest BCUT2D eigenvalue weighted by Gasteiger charge is 2.17. The highest BCUT2D eigenvalue weighted by Crippen LogP contribution is 2.24. The van der Waals surface area contributed by atoms with Crippen LogP contribution in [0.2, 0.25) is 0 Å². The van der Waals surface area contributed by atoms with Gasteiger partial charge in [-0.3, -0.25) is 9.36 Å². The first-order chi connectivity index (χ1) is 14.8. The van der Waals surface area contributed by atoms with E-state index in [1.165, 1.54) is 17.3 Å². The fourth-order valence-corrected chi connectivity index (χ4v) is 4.02. The summed E-state index contributed by atoms with van der Waals surface area (Å²) in [5, 5.41) is 9.19. The third-order valence-electron chi connectivity index (χ3n) is 4.69. The summed E-state index contributed by atoms with van der Waals surface area (Å²) < 4.78 is 8.74. The number of aromatic nitrogens is 3. The van der Waals surface area contributed by atoms with Gasteiger partial charge in [-0.05, 0) is 35.2 Å². The van der Waals surface area contributed by atoms with Crippen molar-refractivity contribution in [1.82, 2.24) is 14.8 Å². The Hall–Kier alpha value is -1.90. The van der Waals surface area contributed by atoms with Crippen LogP contribution in [0.3, 0.4) is 0 Å². The van der Waals surface area contributed by atoms with Gasteiger partial charge in [0.25, 0.3) is 0 Å². The summed E-state index contributed by atoms with van der Waals surface area (Å²) in [7, 11) is 0. The number of ketones is 1. The van der Waals surface area contributed by atoms with E-state index in [-0.39, 0.29) is 40.5 Å². The average molecular weight is 581 g/mol. The van der Waals surface area contributed by atoms with E-state index in [9.17, 15) is 4.79 Å². The number of hydrogen-bond donors (Lipinski definition) is 0. The molecule has 0 unspecified atom stereocenters. The maximum absolute atomic E-state index is 12.7. The van der Waals surface area contributed by atoms with E-state index in [0.29, 0.717) is 23.1 Å². The molecule has 1 aromatic heterocycles. The van der Waals surface area contributed by atoms with Gasteiger partial charge in [-0.15, -0.1) is 33.8 Å². The highest BCUT2D eigenvalue weighted by atomic mass is 79.9. The summed E-state index contributed by atoms with van der Waals surface area (Å²) in [6.07, 6.45) is 1.78. The maximum atomic E-state index is 12.7. The molecule has 0 N–H and O–H groups in total. The second kappa shape index (κ2) is 11.8. The fourth-order valence-electron chi connectivity index (χ4n) is 2.89. The van der Waals surface area contributed by atoms with Crippen LogP contribution in [-0.4, -0.2) is 26.3 Å². The Morgan fingerprint density at radius 2 is 1.78 bits per heavy atom. The molecular weight excluding hydrogens is 554 g/mol. The minimum atomic E-state index is 0. The van der Waals surface area contributed by atoms with Crippen LogP contribution in [-0.2, 0) is 18.6 Å². The summed E-state index contributed by atoms with van der Waals surface area (Å²) >= 11 is 4.79. The van der Waals surface area contributed by atoms with E-state index in [1.807, 2.05) is 53.1 Å². The lowest BCUT2D eigenvalue weighted by molar-refractivity contribution is 0.102. The van der Waals surface area contributed by atoms with Crippen molar-refractivity contribution in [2.45, 2.75) is 44.5 Å². The van der Waals surface area contributed by atoms with E-state index in [4.69, 9.17) is 4.74 Å². The molecule has 5 nitrogen and oxygen atoms in total. The first-order valence-corrected chi connectivity index (χ1v) is 11.7. The van der Waals surface area contributed by atoms with Crippen molar-refractivity contribution >= 4 is 50.5 Å². The Morgan fingerprint density at radius 3 is 2.38 bits per heavy atom. The Balaban J connectivity index is 0.00000363. The number of carbonyl (C=O) groups excluding carboxylic acids is 1. The van der Waals surface area contributed by atoms with Crippen molar-refractivity contribution in [2.75, 3.05) is 5.75 Å². The summed E-state index contributed by atoms with van der Waals surface area (Å²) in [5.74, 6) is 1.79. The van der Waals surface area contributed by atoms with Gasteiger partial charge in [0.05, 0.1) is 5.75 Å². The second-order valence-electron chi connectivity index (χ2n) is 8.08. The van der Waals surface area contributed by atoms with Gasteiger partial charge in [-0.2, -0.15) is 0 Å². The predicted molar refractivity (Wildman–Crippen MR) is 139 cm³/mol. The molecule has 32 heavy (non-hydrogen) atoms. The lowest BCUT2D eigenvalue weighted by Gasteiger charge is -2.18. The van der Waals surface area contributed by atoms with E-state index in [2.05, 4.69) is 53.5 Å².